The van der Waals surface area contributed by atoms with Gasteiger partial charge in [0, 0.05) is 12.3 Å². The van der Waals surface area contributed by atoms with Crippen LogP contribution in [0, 0.1) is 0 Å². The van der Waals surface area contributed by atoms with Crippen molar-refractivity contribution >= 4 is 0 Å². The molecule has 2 rings (SSSR count). The van der Waals surface area contributed by atoms with Gasteiger partial charge in [-0.15, -0.1) is 0 Å². The van der Waals surface area contributed by atoms with Crippen LogP contribution in [0.25, 0.3) is 0 Å². The monoisotopic (exact) mass is 437 g/mol. The van der Waals surface area contributed by atoms with Gasteiger partial charge in [-0.1, -0.05) is 74.5 Å². The van der Waals surface area contributed by atoms with Crippen LogP contribution in [-0.4, -0.2) is 31.2 Å². The Bertz CT molecular complexity index is 507. The second-order valence-electron chi connectivity index (χ2n) is 6.95. The Morgan fingerprint density at radius 3 is 1.50 bits per heavy atom. The zero-order chi connectivity index (χ0) is 16.5. The van der Waals surface area contributed by atoms with Crippen LogP contribution in [0.3, 0.4) is 0 Å². The van der Waals surface area contributed by atoms with Crippen molar-refractivity contribution in [2.24, 2.45) is 0 Å². The first-order chi connectivity index (χ1) is 11.2. The van der Waals surface area contributed by atoms with Crippen LogP contribution in [0.2, 0.25) is 0 Å². The maximum Gasteiger partial charge on any atom is 0.0793 e. The maximum absolute atomic E-state index is 2.43. The molecule has 132 valence electrons. The molecule has 1 nitrogen and oxygen atoms in total. The summed E-state index contributed by atoms with van der Waals surface area (Å²) in [4.78, 5) is 0. The molecule has 0 amide bonds. The van der Waals surface area contributed by atoms with Gasteiger partial charge in [0.15, 0.2) is 0 Å². The molecule has 0 radical (unpaired) electrons. The minimum Gasteiger partial charge on any atom is -1.00 e. The molecule has 0 unspecified atom stereocenters. The molecule has 0 aromatic heterocycles. The van der Waals surface area contributed by atoms with E-state index in [0.717, 1.165) is 0 Å². The molecule has 2 aromatic carbocycles. The molecule has 0 bridgehead atoms. The van der Waals surface area contributed by atoms with Crippen molar-refractivity contribution in [3.05, 3.63) is 71.8 Å². The zero-order valence-electron chi connectivity index (χ0n) is 15.4. The minimum atomic E-state index is 0. The van der Waals surface area contributed by atoms with Crippen LogP contribution in [0.5, 0.6) is 0 Å². The van der Waals surface area contributed by atoms with E-state index in [2.05, 4.69) is 81.6 Å². The summed E-state index contributed by atoms with van der Waals surface area (Å²) in [7, 11) is 2.43. The number of hydrogen-bond acceptors (Lipinski definition) is 0. The molecule has 0 N–H and O–H groups in total. The maximum atomic E-state index is 2.43. The van der Waals surface area contributed by atoms with E-state index in [4.69, 9.17) is 0 Å². The summed E-state index contributed by atoms with van der Waals surface area (Å²) in [6, 6.07) is 22.0. The smallest absolute Gasteiger partial charge is 0.0793 e. The quantitative estimate of drug-likeness (QED) is 0.418. The number of benzene rings is 2. The standard InChI is InChI=1S/C22H32N.HI/c1-4-17-23(3,18-5-2)19-16-22(20-12-8-6-9-13-20)21-14-10-7-11-15-21;/h6-15,22H,4-5,16-19H2,1-3H3;1H/q+1;/p-1. The van der Waals surface area contributed by atoms with E-state index in [-0.39, 0.29) is 24.0 Å². The van der Waals surface area contributed by atoms with Gasteiger partial charge < -0.3 is 28.5 Å². The van der Waals surface area contributed by atoms with Gasteiger partial charge in [-0.05, 0) is 24.0 Å². The molecule has 0 spiro atoms. The first-order valence-electron chi connectivity index (χ1n) is 9.12. The molecular formula is C22H32IN. The van der Waals surface area contributed by atoms with E-state index in [1.54, 1.807) is 0 Å². The molecule has 0 aliphatic heterocycles. The lowest BCUT2D eigenvalue weighted by molar-refractivity contribution is -0.910. The Hall–Kier alpha value is -0.870. The van der Waals surface area contributed by atoms with E-state index in [1.807, 2.05) is 0 Å². The van der Waals surface area contributed by atoms with Crippen molar-refractivity contribution in [2.75, 3.05) is 26.7 Å². The SMILES string of the molecule is CCC[N+](C)(CCC)CCC(c1ccccc1)c1ccccc1.[I-]. The molecule has 0 saturated carbocycles. The van der Waals surface area contributed by atoms with Gasteiger partial charge in [-0.3, -0.25) is 0 Å². The van der Waals surface area contributed by atoms with E-state index < -0.39 is 0 Å². The summed E-state index contributed by atoms with van der Waals surface area (Å²) in [6.07, 6.45) is 3.74. The Kier molecular flexibility index (Phi) is 9.60. The molecule has 0 heterocycles. The van der Waals surface area contributed by atoms with Crippen molar-refractivity contribution in [1.82, 2.24) is 0 Å². The van der Waals surface area contributed by atoms with Crippen LogP contribution in [0.4, 0.5) is 0 Å². The summed E-state index contributed by atoms with van der Waals surface area (Å²) in [6.45, 7) is 8.42. The third-order valence-corrected chi connectivity index (χ3v) is 4.89. The number of rotatable bonds is 9. The molecule has 0 atom stereocenters. The largest absolute Gasteiger partial charge is 1.00 e. The molecule has 0 aliphatic carbocycles. The summed E-state index contributed by atoms with van der Waals surface area (Å²) in [5.41, 5.74) is 2.89. The first-order valence-corrected chi connectivity index (χ1v) is 9.12. The number of halogens is 1. The summed E-state index contributed by atoms with van der Waals surface area (Å²) >= 11 is 0. The molecule has 2 heteroatoms. The van der Waals surface area contributed by atoms with Crippen LogP contribution < -0.4 is 24.0 Å². The van der Waals surface area contributed by atoms with Crippen LogP contribution in [0.15, 0.2) is 60.7 Å². The third kappa shape index (κ3) is 6.21. The highest BCUT2D eigenvalue weighted by atomic mass is 127. The lowest BCUT2D eigenvalue weighted by atomic mass is 9.88. The van der Waals surface area contributed by atoms with Gasteiger partial charge in [0.1, 0.15) is 0 Å². The average Bonchev–Trinajstić information content (AvgIpc) is 2.57. The predicted molar refractivity (Wildman–Crippen MR) is 101 cm³/mol. The molecule has 0 fully saturated rings. The van der Waals surface area contributed by atoms with E-state index in [1.165, 1.54) is 54.5 Å². The molecular weight excluding hydrogens is 405 g/mol. The van der Waals surface area contributed by atoms with Crippen molar-refractivity contribution < 1.29 is 28.5 Å². The Morgan fingerprint density at radius 1 is 0.708 bits per heavy atom. The van der Waals surface area contributed by atoms with Crippen LogP contribution in [-0.2, 0) is 0 Å². The lowest BCUT2D eigenvalue weighted by Gasteiger charge is -2.35. The molecule has 2 aromatic rings. The van der Waals surface area contributed by atoms with Crippen molar-refractivity contribution in [1.29, 1.82) is 0 Å². The molecule has 0 aliphatic rings. The van der Waals surface area contributed by atoms with Crippen molar-refractivity contribution in [3.63, 3.8) is 0 Å². The summed E-state index contributed by atoms with van der Waals surface area (Å²) in [5, 5.41) is 0. The van der Waals surface area contributed by atoms with Crippen LogP contribution in [0.1, 0.15) is 50.2 Å². The zero-order valence-corrected chi connectivity index (χ0v) is 17.6. The fraction of sp³-hybridized carbons (Fsp3) is 0.455. The van der Waals surface area contributed by atoms with E-state index >= 15 is 0 Å². The van der Waals surface area contributed by atoms with Gasteiger partial charge in [0.2, 0.25) is 0 Å². The lowest BCUT2D eigenvalue weighted by Crippen LogP contribution is -3.00. The number of nitrogens with zero attached hydrogens (tertiary/aromatic N) is 1. The normalized spacial score (nSPS) is 11.3. The van der Waals surface area contributed by atoms with Crippen molar-refractivity contribution in [3.8, 4) is 0 Å². The van der Waals surface area contributed by atoms with Gasteiger partial charge >= 0.3 is 0 Å². The number of hydrogen-bond donors (Lipinski definition) is 0. The highest BCUT2D eigenvalue weighted by Gasteiger charge is 2.23. The van der Waals surface area contributed by atoms with E-state index in [0.29, 0.717) is 5.92 Å². The fourth-order valence-corrected chi connectivity index (χ4v) is 3.75. The van der Waals surface area contributed by atoms with E-state index in [9.17, 15) is 0 Å². The first kappa shape index (κ1) is 21.2. The minimum absolute atomic E-state index is 0. The average molecular weight is 437 g/mol. The number of quaternary nitrogens is 1. The van der Waals surface area contributed by atoms with Gasteiger partial charge in [0.25, 0.3) is 0 Å². The predicted octanol–water partition coefficient (Wildman–Crippen LogP) is 2.48. The Balaban J connectivity index is 0.00000288. The van der Waals surface area contributed by atoms with Crippen LogP contribution >= 0.6 is 0 Å². The van der Waals surface area contributed by atoms with Gasteiger partial charge in [-0.25, -0.2) is 0 Å². The second kappa shape index (κ2) is 10.9. The summed E-state index contributed by atoms with van der Waals surface area (Å²) < 4.78 is 1.20. The second-order valence-corrected chi connectivity index (χ2v) is 6.95. The molecule has 24 heavy (non-hydrogen) atoms. The highest BCUT2D eigenvalue weighted by molar-refractivity contribution is 5.32. The Morgan fingerprint density at radius 2 is 1.12 bits per heavy atom. The molecule has 0 saturated heterocycles. The Labute approximate surface area is 165 Å². The summed E-state index contributed by atoms with van der Waals surface area (Å²) in [5.74, 6) is 0.503. The topological polar surface area (TPSA) is 0 Å². The van der Waals surface area contributed by atoms with Crippen molar-refractivity contribution in [2.45, 2.75) is 39.0 Å². The van der Waals surface area contributed by atoms with Gasteiger partial charge in [0.05, 0.1) is 26.7 Å². The third-order valence-electron chi connectivity index (χ3n) is 4.89. The highest BCUT2D eigenvalue weighted by Crippen LogP contribution is 2.29. The fourth-order valence-electron chi connectivity index (χ4n) is 3.75. The van der Waals surface area contributed by atoms with Gasteiger partial charge in [-0.2, -0.15) is 0 Å².